The predicted molar refractivity (Wildman–Crippen MR) is 111 cm³/mol. The molecule has 5 heteroatoms. The van der Waals surface area contributed by atoms with Crippen molar-refractivity contribution >= 4 is 0 Å². The molecule has 28 heavy (non-hydrogen) atoms. The van der Waals surface area contributed by atoms with Gasteiger partial charge >= 0.3 is 0 Å². The molecule has 2 unspecified atom stereocenters. The van der Waals surface area contributed by atoms with Crippen LogP contribution in [0.2, 0.25) is 0 Å². The fourth-order valence-corrected chi connectivity index (χ4v) is 4.45. The molecule has 0 saturated carbocycles. The van der Waals surface area contributed by atoms with Crippen molar-refractivity contribution in [2.75, 3.05) is 27.3 Å². The van der Waals surface area contributed by atoms with E-state index in [0.717, 1.165) is 30.4 Å². The van der Waals surface area contributed by atoms with Gasteiger partial charge in [-0.3, -0.25) is 15.8 Å². The van der Waals surface area contributed by atoms with Gasteiger partial charge in [0.1, 0.15) is 11.5 Å². The van der Waals surface area contributed by atoms with Crippen molar-refractivity contribution in [2.24, 2.45) is 5.92 Å². The normalized spacial score (nSPS) is 23.6. The molecule has 0 spiro atoms. The van der Waals surface area contributed by atoms with Crippen LogP contribution in [-0.2, 0) is 6.54 Å². The molecule has 2 N–H and O–H groups in total. The highest BCUT2D eigenvalue weighted by atomic mass is 16.5. The van der Waals surface area contributed by atoms with Crippen LogP contribution in [-0.4, -0.2) is 38.3 Å². The summed E-state index contributed by atoms with van der Waals surface area (Å²) in [5.74, 6) is 2.58. The fraction of sp³-hybridized carbons (Fsp3) is 0.478. The SMILES string of the molecule is COc1ccc(CN2CCC(C3CC(c4ccc(OC)cc4)NN3)CC2)cc1. The second kappa shape index (κ2) is 8.95. The Morgan fingerprint density at radius 1 is 0.857 bits per heavy atom. The fourth-order valence-electron chi connectivity index (χ4n) is 4.45. The number of nitrogens with zero attached hydrogens (tertiary/aromatic N) is 1. The summed E-state index contributed by atoms with van der Waals surface area (Å²) in [6.45, 7) is 3.37. The Kier molecular flexibility index (Phi) is 6.15. The molecule has 0 aliphatic carbocycles. The molecule has 2 aliphatic rings. The van der Waals surface area contributed by atoms with E-state index < -0.39 is 0 Å². The number of likely N-dealkylation sites (tertiary alicyclic amines) is 1. The Morgan fingerprint density at radius 2 is 1.46 bits per heavy atom. The molecule has 0 radical (unpaired) electrons. The van der Waals surface area contributed by atoms with Gasteiger partial charge < -0.3 is 9.47 Å². The number of piperidine rings is 1. The van der Waals surface area contributed by atoms with E-state index in [4.69, 9.17) is 9.47 Å². The lowest BCUT2D eigenvalue weighted by atomic mass is 9.86. The van der Waals surface area contributed by atoms with E-state index in [1.54, 1.807) is 14.2 Å². The minimum absolute atomic E-state index is 0.383. The monoisotopic (exact) mass is 381 g/mol. The molecule has 2 heterocycles. The van der Waals surface area contributed by atoms with Gasteiger partial charge in [0, 0.05) is 18.6 Å². The van der Waals surface area contributed by atoms with Gasteiger partial charge in [-0.1, -0.05) is 24.3 Å². The molecule has 2 aromatic rings. The lowest BCUT2D eigenvalue weighted by Gasteiger charge is -2.34. The number of ether oxygens (including phenoxy) is 2. The van der Waals surface area contributed by atoms with E-state index in [1.807, 2.05) is 12.1 Å². The van der Waals surface area contributed by atoms with Crippen LogP contribution in [0.1, 0.15) is 36.4 Å². The summed E-state index contributed by atoms with van der Waals surface area (Å²) >= 11 is 0. The van der Waals surface area contributed by atoms with E-state index >= 15 is 0 Å². The van der Waals surface area contributed by atoms with Crippen LogP contribution in [0.5, 0.6) is 11.5 Å². The second-order valence-electron chi connectivity index (χ2n) is 7.92. The molecule has 5 nitrogen and oxygen atoms in total. The standard InChI is InChI=1S/C23H31N3O2/c1-27-20-7-3-17(4-8-20)16-26-13-11-19(12-14-26)23-15-22(24-25-23)18-5-9-21(28-2)10-6-18/h3-10,19,22-25H,11-16H2,1-2H3. The minimum atomic E-state index is 0.383. The lowest BCUT2D eigenvalue weighted by molar-refractivity contribution is 0.155. The number of benzene rings is 2. The van der Waals surface area contributed by atoms with Crippen LogP contribution < -0.4 is 20.3 Å². The Hall–Kier alpha value is -2.08. The van der Waals surface area contributed by atoms with Crippen molar-refractivity contribution in [1.82, 2.24) is 15.8 Å². The van der Waals surface area contributed by atoms with Gasteiger partial charge in [-0.05, 0) is 73.7 Å². The van der Waals surface area contributed by atoms with Crippen LogP contribution in [0.25, 0.3) is 0 Å². The zero-order valence-corrected chi connectivity index (χ0v) is 16.9. The molecule has 2 atom stereocenters. The van der Waals surface area contributed by atoms with E-state index in [1.165, 1.54) is 37.1 Å². The largest absolute Gasteiger partial charge is 0.497 e. The molecular formula is C23H31N3O2. The third kappa shape index (κ3) is 4.49. The van der Waals surface area contributed by atoms with Crippen LogP contribution in [0, 0.1) is 5.92 Å². The summed E-state index contributed by atoms with van der Waals surface area (Å²) in [6.07, 6.45) is 3.66. The molecule has 2 fully saturated rings. The summed E-state index contributed by atoms with van der Waals surface area (Å²) in [7, 11) is 3.42. The van der Waals surface area contributed by atoms with Crippen LogP contribution in [0.4, 0.5) is 0 Å². The summed E-state index contributed by atoms with van der Waals surface area (Å²) in [4.78, 5) is 2.57. The van der Waals surface area contributed by atoms with Crippen molar-refractivity contribution in [3.05, 3.63) is 59.7 Å². The highest BCUT2D eigenvalue weighted by Gasteiger charge is 2.33. The van der Waals surface area contributed by atoms with Crippen LogP contribution in [0.3, 0.4) is 0 Å². The van der Waals surface area contributed by atoms with Gasteiger partial charge in [0.2, 0.25) is 0 Å². The van der Waals surface area contributed by atoms with Crippen molar-refractivity contribution in [2.45, 2.75) is 37.9 Å². The molecule has 4 rings (SSSR count). The smallest absolute Gasteiger partial charge is 0.118 e. The molecule has 0 aromatic heterocycles. The predicted octanol–water partition coefficient (Wildman–Crippen LogP) is 3.52. The zero-order chi connectivity index (χ0) is 19.3. The molecule has 0 amide bonds. The Labute approximate surface area is 168 Å². The van der Waals surface area contributed by atoms with Crippen LogP contribution >= 0.6 is 0 Å². The third-order valence-electron chi connectivity index (χ3n) is 6.22. The van der Waals surface area contributed by atoms with Gasteiger partial charge in [0.25, 0.3) is 0 Å². The average molecular weight is 382 g/mol. The van der Waals surface area contributed by atoms with E-state index in [2.05, 4.69) is 52.1 Å². The van der Waals surface area contributed by atoms with Gasteiger partial charge in [-0.25, -0.2) is 0 Å². The van der Waals surface area contributed by atoms with Crippen molar-refractivity contribution in [1.29, 1.82) is 0 Å². The van der Waals surface area contributed by atoms with Gasteiger partial charge in [-0.2, -0.15) is 0 Å². The maximum absolute atomic E-state index is 5.27. The number of rotatable bonds is 6. The molecule has 0 bridgehead atoms. The minimum Gasteiger partial charge on any atom is -0.497 e. The van der Waals surface area contributed by atoms with Crippen LogP contribution in [0.15, 0.2) is 48.5 Å². The first-order valence-electron chi connectivity index (χ1n) is 10.3. The van der Waals surface area contributed by atoms with Crippen molar-refractivity contribution in [3.8, 4) is 11.5 Å². The zero-order valence-electron chi connectivity index (χ0n) is 16.9. The number of hydrogen-bond acceptors (Lipinski definition) is 5. The summed E-state index contributed by atoms with van der Waals surface area (Å²) in [5.41, 5.74) is 9.76. The second-order valence-corrected chi connectivity index (χ2v) is 7.92. The van der Waals surface area contributed by atoms with Crippen molar-refractivity contribution in [3.63, 3.8) is 0 Å². The first kappa shape index (κ1) is 19.2. The molecule has 2 aromatic carbocycles. The molecule has 150 valence electrons. The number of methoxy groups -OCH3 is 2. The quantitative estimate of drug-likeness (QED) is 0.802. The summed E-state index contributed by atoms with van der Waals surface area (Å²) in [5, 5.41) is 0. The Balaban J connectivity index is 1.25. The summed E-state index contributed by atoms with van der Waals surface area (Å²) < 4.78 is 10.5. The van der Waals surface area contributed by atoms with E-state index in [9.17, 15) is 0 Å². The molecule has 2 saturated heterocycles. The number of hydrogen-bond donors (Lipinski definition) is 2. The first-order chi connectivity index (χ1) is 13.7. The number of nitrogens with one attached hydrogen (secondary N) is 2. The first-order valence-corrected chi connectivity index (χ1v) is 10.3. The molecule has 2 aliphatic heterocycles. The summed E-state index contributed by atoms with van der Waals surface area (Å²) in [6, 6.07) is 17.8. The highest BCUT2D eigenvalue weighted by Crippen LogP contribution is 2.31. The van der Waals surface area contributed by atoms with Gasteiger partial charge in [-0.15, -0.1) is 0 Å². The maximum Gasteiger partial charge on any atom is 0.118 e. The highest BCUT2D eigenvalue weighted by molar-refractivity contribution is 5.30. The average Bonchev–Trinajstić information content (AvgIpc) is 3.25. The van der Waals surface area contributed by atoms with E-state index in [0.29, 0.717) is 12.1 Å². The molecular weight excluding hydrogens is 350 g/mol. The Bertz CT molecular complexity index is 739. The maximum atomic E-state index is 5.27. The third-order valence-corrected chi connectivity index (χ3v) is 6.22. The van der Waals surface area contributed by atoms with Crippen molar-refractivity contribution < 1.29 is 9.47 Å². The van der Waals surface area contributed by atoms with E-state index in [-0.39, 0.29) is 0 Å². The lowest BCUT2D eigenvalue weighted by Crippen LogP contribution is -2.42. The van der Waals surface area contributed by atoms with Gasteiger partial charge in [0.05, 0.1) is 14.2 Å². The Morgan fingerprint density at radius 3 is 2.07 bits per heavy atom. The number of hydrazine groups is 1. The van der Waals surface area contributed by atoms with Gasteiger partial charge in [0.15, 0.2) is 0 Å². The topological polar surface area (TPSA) is 45.8 Å².